The Morgan fingerprint density at radius 1 is 0.900 bits per heavy atom. The quantitative estimate of drug-likeness (QED) is 0.217. The second-order valence-corrected chi connectivity index (χ2v) is 7.52. The Morgan fingerprint density at radius 2 is 1.15 bits per heavy atom. The summed E-state index contributed by atoms with van der Waals surface area (Å²) in [6.07, 6.45) is 0. The number of rotatable bonds is 4. The average molecular weight is 364 g/mol. The van der Waals surface area contributed by atoms with Gasteiger partial charge >= 0.3 is 34.3 Å². The normalized spacial score (nSPS) is 17.4. The number of hydrogen-bond donors (Lipinski definition) is 10. The molecule has 0 bridgehead atoms. The van der Waals surface area contributed by atoms with Crippen molar-refractivity contribution in [1.29, 1.82) is 0 Å². The highest BCUT2D eigenvalue weighted by Gasteiger charge is 2.64. The number of aliphatic hydroxyl groups is 2. The maximum Gasteiger partial charge on any atom is 0.466 e. The topological polar surface area (TPSA) is 271 Å². The number of hydrogen-bond acceptors (Lipinski definition) is 6. The first-order chi connectivity index (χ1) is 8.35. The van der Waals surface area contributed by atoms with Gasteiger partial charge in [-0.3, -0.25) is 9.13 Å². The summed E-state index contributed by atoms with van der Waals surface area (Å²) in [5.74, 6) is -6.07. The Morgan fingerprint density at radius 3 is 1.20 bits per heavy atom. The third-order valence-electron chi connectivity index (χ3n) is 1.44. The monoisotopic (exact) mass is 364 g/mol. The fraction of sp³-hybridized carbons (Fsp3) is 0.667. The molecule has 0 aromatic rings. The van der Waals surface area contributed by atoms with Crippen LogP contribution in [-0.4, -0.2) is 66.7 Å². The lowest BCUT2D eigenvalue weighted by molar-refractivity contribution is -0.157. The van der Waals surface area contributed by atoms with E-state index in [1.807, 2.05) is 0 Å². The SMILES string of the molecule is O=C(O)C(O)(C(O)P(=O)(O)O)P(=O)(O)O.O=P(O)(O)O. The van der Waals surface area contributed by atoms with Gasteiger partial charge in [0.05, 0.1) is 0 Å². The van der Waals surface area contributed by atoms with E-state index in [0.717, 1.165) is 0 Å². The molecule has 0 aliphatic rings. The van der Waals surface area contributed by atoms with Gasteiger partial charge in [0.25, 0.3) is 0 Å². The molecule has 0 spiro atoms. The lowest BCUT2D eigenvalue weighted by Crippen LogP contribution is -2.48. The average Bonchev–Trinajstić information content (AvgIpc) is 2.08. The zero-order valence-corrected chi connectivity index (χ0v) is 11.7. The maximum atomic E-state index is 10.5. The first kappa shape index (κ1) is 22.1. The van der Waals surface area contributed by atoms with Crippen molar-refractivity contribution in [1.82, 2.24) is 0 Å². The van der Waals surface area contributed by atoms with E-state index in [1.54, 1.807) is 0 Å². The molecule has 0 rings (SSSR count). The van der Waals surface area contributed by atoms with Crippen LogP contribution in [0.5, 0.6) is 0 Å². The Balaban J connectivity index is 0. The number of phosphoric acid groups is 1. The van der Waals surface area contributed by atoms with E-state index < -0.39 is 40.2 Å². The van der Waals surface area contributed by atoms with Crippen LogP contribution in [0.25, 0.3) is 0 Å². The molecule has 0 saturated heterocycles. The highest BCUT2D eigenvalue weighted by molar-refractivity contribution is 7.58. The number of carbonyl (C=O) groups is 1. The van der Waals surface area contributed by atoms with Gasteiger partial charge in [0.1, 0.15) is 0 Å². The van der Waals surface area contributed by atoms with Gasteiger partial charge in [-0.1, -0.05) is 0 Å². The molecule has 0 heterocycles. The molecule has 122 valence electrons. The van der Waals surface area contributed by atoms with Crippen LogP contribution in [0.15, 0.2) is 0 Å². The van der Waals surface area contributed by atoms with E-state index in [-0.39, 0.29) is 0 Å². The van der Waals surface area contributed by atoms with E-state index in [4.69, 9.17) is 54.1 Å². The first-order valence-corrected chi connectivity index (χ1v) is 8.74. The Bertz CT molecular complexity index is 470. The summed E-state index contributed by atoms with van der Waals surface area (Å²) in [6, 6.07) is 0. The predicted molar refractivity (Wildman–Crippen MR) is 56.9 cm³/mol. The number of carboxylic acids is 1. The van der Waals surface area contributed by atoms with Gasteiger partial charge in [-0.2, -0.15) is 0 Å². The van der Waals surface area contributed by atoms with E-state index in [1.165, 1.54) is 0 Å². The van der Waals surface area contributed by atoms with Crippen LogP contribution in [0.4, 0.5) is 0 Å². The fourth-order valence-corrected chi connectivity index (χ4v) is 2.65. The fourth-order valence-electron chi connectivity index (χ4n) is 0.620. The number of aliphatic carboxylic acids is 1. The van der Waals surface area contributed by atoms with Crippen LogP contribution in [0.1, 0.15) is 0 Å². The number of aliphatic hydroxyl groups excluding tert-OH is 1. The van der Waals surface area contributed by atoms with Crippen LogP contribution < -0.4 is 0 Å². The largest absolute Gasteiger partial charge is 0.479 e. The van der Waals surface area contributed by atoms with Crippen molar-refractivity contribution in [3.05, 3.63) is 0 Å². The molecule has 2 unspecified atom stereocenters. The third kappa shape index (κ3) is 6.99. The highest BCUT2D eigenvalue weighted by Crippen LogP contribution is 2.59. The van der Waals surface area contributed by atoms with E-state index in [0.29, 0.717) is 0 Å². The minimum absolute atomic E-state index is 2.65. The predicted octanol–water partition coefficient (Wildman–Crippen LogP) is -3.50. The summed E-state index contributed by atoms with van der Waals surface area (Å²) in [5, 5.41) is 21.7. The van der Waals surface area contributed by atoms with Crippen LogP contribution in [0.3, 0.4) is 0 Å². The molecule has 14 nitrogen and oxygen atoms in total. The summed E-state index contributed by atoms with van der Waals surface area (Å²) >= 11 is 0. The molecule has 2 atom stereocenters. The molecular formula is C3H11O14P3. The van der Waals surface area contributed by atoms with Crippen molar-refractivity contribution in [2.45, 2.75) is 11.2 Å². The van der Waals surface area contributed by atoms with Crippen molar-refractivity contribution < 1.29 is 68.1 Å². The molecule has 20 heavy (non-hydrogen) atoms. The Hall–Kier alpha value is -0.200. The Kier molecular flexibility index (Phi) is 7.41. The van der Waals surface area contributed by atoms with Crippen molar-refractivity contribution in [2.75, 3.05) is 0 Å². The third-order valence-corrected chi connectivity index (χ3v) is 3.98. The lowest BCUT2D eigenvalue weighted by atomic mass is 10.4. The van der Waals surface area contributed by atoms with Crippen LogP contribution in [0, 0.1) is 0 Å². The second kappa shape index (κ2) is 6.71. The standard InChI is InChI=1S/C3H8O10P2.H3O4P/c4-1(5)3(7,15(11,12)13)2(6)14(8,9)10;1-5(2,3)4/h2,6-7H,(H,4,5)(H2,8,9,10)(H2,11,12,13);(H3,1,2,3,4). The summed E-state index contributed by atoms with van der Waals surface area (Å²) in [5.41, 5.74) is 0. The van der Waals surface area contributed by atoms with Crippen molar-refractivity contribution >= 4 is 29.0 Å². The van der Waals surface area contributed by atoms with E-state index in [9.17, 15) is 13.9 Å². The molecule has 0 saturated carbocycles. The van der Waals surface area contributed by atoms with Crippen LogP contribution in [0.2, 0.25) is 0 Å². The van der Waals surface area contributed by atoms with Gasteiger partial charge in [-0.25, -0.2) is 9.36 Å². The van der Waals surface area contributed by atoms with Gasteiger partial charge in [-0.05, 0) is 0 Å². The summed E-state index contributed by atoms with van der Waals surface area (Å²) < 4.78 is 29.8. The zero-order valence-electron chi connectivity index (χ0n) is 9.02. The minimum Gasteiger partial charge on any atom is -0.479 e. The van der Waals surface area contributed by atoms with Crippen molar-refractivity contribution in [2.24, 2.45) is 0 Å². The minimum atomic E-state index is -5.88. The smallest absolute Gasteiger partial charge is 0.466 e. The molecule has 0 aromatic heterocycles. The maximum absolute atomic E-state index is 10.5. The van der Waals surface area contributed by atoms with E-state index >= 15 is 0 Å². The van der Waals surface area contributed by atoms with Gasteiger partial charge in [-0.15, -0.1) is 0 Å². The Labute approximate surface area is 109 Å². The molecule has 10 N–H and O–H groups in total. The molecule has 0 aliphatic carbocycles. The molecule has 0 radical (unpaired) electrons. The van der Waals surface area contributed by atoms with E-state index in [2.05, 4.69) is 0 Å². The van der Waals surface area contributed by atoms with Gasteiger partial charge in [0.2, 0.25) is 5.85 Å². The van der Waals surface area contributed by atoms with Crippen molar-refractivity contribution in [3.63, 3.8) is 0 Å². The lowest BCUT2D eigenvalue weighted by Gasteiger charge is -2.28. The summed E-state index contributed by atoms with van der Waals surface area (Å²) in [7, 11) is -16.1. The summed E-state index contributed by atoms with van der Waals surface area (Å²) in [4.78, 5) is 65.4. The van der Waals surface area contributed by atoms with Gasteiger partial charge in [0.15, 0.2) is 0 Å². The van der Waals surface area contributed by atoms with Gasteiger partial charge in [0, 0.05) is 0 Å². The molecule has 0 fully saturated rings. The molecule has 0 aliphatic heterocycles. The van der Waals surface area contributed by atoms with Crippen LogP contribution >= 0.6 is 23.0 Å². The molecule has 0 aromatic carbocycles. The van der Waals surface area contributed by atoms with Crippen LogP contribution in [-0.2, 0) is 18.5 Å². The molecule has 0 amide bonds. The zero-order chi connectivity index (χ0) is 17.2. The molecular weight excluding hydrogens is 353 g/mol. The van der Waals surface area contributed by atoms with Gasteiger partial charge < -0.3 is 49.6 Å². The first-order valence-electron chi connectivity index (χ1n) is 3.88. The highest BCUT2D eigenvalue weighted by atomic mass is 31.2. The number of carboxylic acid groups (broad SMARTS) is 1. The summed E-state index contributed by atoms with van der Waals surface area (Å²) in [6.45, 7) is 0. The van der Waals surface area contributed by atoms with Crippen molar-refractivity contribution in [3.8, 4) is 0 Å². The second-order valence-electron chi connectivity index (χ2n) is 3.05. The molecule has 17 heteroatoms.